The van der Waals surface area contributed by atoms with E-state index in [0.717, 1.165) is 11.1 Å². The molecule has 2 aromatic rings. The van der Waals surface area contributed by atoms with Gasteiger partial charge < -0.3 is 23.7 Å². The Morgan fingerprint density at radius 3 is 1.74 bits per heavy atom. The number of carbonyl (C=O) groups is 1. The Bertz CT molecular complexity index is 895. The number of ether oxygens (including phenoxy) is 5. The molecule has 0 bridgehead atoms. The summed E-state index contributed by atoms with van der Waals surface area (Å²) in [5, 5.41) is 0. The summed E-state index contributed by atoms with van der Waals surface area (Å²) in [6.07, 6.45) is 3.91. The summed E-state index contributed by atoms with van der Waals surface area (Å²) in [7, 11) is 4.74. The SMILES string of the molecule is COc1cc(/C=C/c2ccc(OC(C)(C)C(=O)OC(C)(C)C)cc2)cc(OC)c1OC. The maximum absolute atomic E-state index is 12.4. The zero-order chi connectivity index (χ0) is 23.2. The molecule has 0 saturated heterocycles. The third-order valence-electron chi connectivity index (χ3n) is 4.30. The Kier molecular flexibility index (Phi) is 7.60. The van der Waals surface area contributed by atoms with Crippen LogP contribution in [-0.2, 0) is 9.53 Å². The van der Waals surface area contributed by atoms with Gasteiger partial charge in [-0.3, -0.25) is 0 Å². The first-order valence-corrected chi connectivity index (χ1v) is 9.99. The molecule has 31 heavy (non-hydrogen) atoms. The number of benzene rings is 2. The lowest BCUT2D eigenvalue weighted by molar-refractivity contribution is -0.170. The van der Waals surface area contributed by atoms with Crippen LogP contribution >= 0.6 is 0 Å². The second-order valence-corrected chi connectivity index (χ2v) is 8.48. The first-order valence-electron chi connectivity index (χ1n) is 9.99. The Balaban J connectivity index is 2.14. The minimum Gasteiger partial charge on any atom is -0.493 e. The van der Waals surface area contributed by atoms with E-state index in [0.29, 0.717) is 23.0 Å². The van der Waals surface area contributed by atoms with Crippen molar-refractivity contribution in [2.24, 2.45) is 0 Å². The number of hydrogen-bond donors (Lipinski definition) is 0. The largest absolute Gasteiger partial charge is 0.493 e. The van der Waals surface area contributed by atoms with Crippen molar-refractivity contribution in [1.29, 1.82) is 0 Å². The summed E-state index contributed by atoms with van der Waals surface area (Å²) in [4.78, 5) is 12.4. The van der Waals surface area contributed by atoms with Gasteiger partial charge in [-0.2, -0.15) is 0 Å². The fourth-order valence-electron chi connectivity index (χ4n) is 2.77. The van der Waals surface area contributed by atoms with Crippen LogP contribution < -0.4 is 18.9 Å². The van der Waals surface area contributed by atoms with Crippen molar-refractivity contribution in [3.05, 3.63) is 47.5 Å². The van der Waals surface area contributed by atoms with Gasteiger partial charge in [0, 0.05) is 0 Å². The minimum absolute atomic E-state index is 0.411. The second kappa shape index (κ2) is 9.77. The van der Waals surface area contributed by atoms with Crippen LogP contribution in [0, 0.1) is 0 Å². The number of hydrogen-bond acceptors (Lipinski definition) is 6. The van der Waals surface area contributed by atoms with Gasteiger partial charge in [-0.05, 0) is 70.0 Å². The zero-order valence-corrected chi connectivity index (χ0v) is 19.6. The molecular formula is C25H32O6. The highest BCUT2D eigenvalue weighted by Crippen LogP contribution is 2.38. The number of esters is 1. The highest BCUT2D eigenvalue weighted by Gasteiger charge is 2.34. The van der Waals surface area contributed by atoms with E-state index >= 15 is 0 Å². The molecule has 0 fully saturated rings. The van der Waals surface area contributed by atoms with Crippen molar-refractivity contribution >= 4 is 18.1 Å². The van der Waals surface area contributed by atoms with E-state index in [2.05, 4.69) is 0 Å². The fraction of sp³-hybridized carbons (Fsp3) is 0.400. The predicted molar refractivity (Wildman–Crippen MR) is 122 cm³/mol. The molecule has 0 radical (unpaired) electrons. The molecule has 2 rings (SSSR count). The summed E-state index contributed by atoms with van der Waals surface area (Å²) >= 11 is 0. The lowest BCUT2D eigenvalue weighted by Crippen LogP contribution is -2.43. The Morgan fingerprint density at radius 2 is 1.29 bits per heavy atom. The summed E-state index contributed by atoms with van der Waals surface area (Å²) in [6, 6.07) is 11.2. The van der Waals surface area contributed by atoms with Crippen LogP contribution in [0.4, 0.5) is 0 Å². The first kappa shape index (κ1) is 24.1. The van der Waals surface area contributed by atoms with Gasteiger partial charge in [-0.25, -0.2) is 4.79 Å². The molecule has 0 aromatic heterocycles. The van der Waals surface area contributed by atoms with Crippen molar-refractivity contribution in [2.45, 2.75) is 45.8 Å². The summed E-state index contributed by atoms with van der Waals surface area (Å²) in [6.45, 7) is 8.88. The molecule has 0 aliphatic rings. The molecule has 2 aromatic carbocycles. The van der Waals surface area contributed by atoms with Crippen molar-refractivity contribution < 1.29 is 28.5 Å². The Hall–Kier alpha value is -3.15. The average Bonchev–Trinajstić information content (AvgIpc) is 2.70. The molecule has 0 amide bonds. The maximum atomic E-state index is 12.4. The molecule has 0 atom stereocenters. The molecule has 6 heteroatoms. The third kappa shape index (κ3) is 6.67. The molecule has 0 aliphatic heterocycles. The number of carbonyl (C=O) groups excluding carboxylic acids is 1. The van der Waals surface area contributed by atoms with E-state index in [1.807, 2.05) is 69.3 Å². The highest BCUT2D eigenvalue weighted by molar-refractivity contribution is 5.79. The van der Waals surface area contributed by atoms with Crippen molar-refractivity contribution in [2.75, 3.05) is 21.3 Å². The van der Waals surface area contributed by atoms with Crippen LogP contribution in [0.15, 0.2) is 36.4 Å². The average molecular weight is 429 g/mol. The van der Waals surface area contributed by atoms with Crippen molar-refractivity contribution in [3.8, 4) is 23.0 Å². The van der Waals surface area contributed by atoms with E-state index in [1.165, 1.54) is 0 Å². The van der Waals surface area contributed by atoms with E-state index in [9.17, 15) is 4.79 Å². The molecule has 168 valence electrons. The molecule has 0 aliphatic carbocycles. The van der Waals surface area contributed by atoms with Gasteiger partial charge in [0.1, 0.15) is 11.4 Å². The van der Waals surface area contributed by atoms with Crippen LogP contribution in [0.5, 0.6) is 23.0 Å². The molecular weight excluding hydrogens is 396 g/mol. The van der Waals surface area contributed by atoms with Gasteiger partial charge in [0.2, 0.25) is 5.75 Å². The van der Waals surface area contributed by atoms with Gasteiger partial charge in [0.05, 0.1) is 21.3 Å². The van der Waals surface area contributed by atoms with Crippen LogP contribution in [-0.4, -0.2) is 38.5 Å². The summed E-state index contributed by atoms with van der Waals surface area (Å²) in [5.41, 5.74) is 0.206. The molecule has 0 unspecified atom stereocenters. The van der Waals surface area contributed by atoms with Crippen LogP contribution in [0.25, 0.3) is 12.2 Å². The summed E-state index contributed by atoms with van der Waals surface area (Å²) < 4.78 is 27.4. The van der Waals surface area contributed by atoms with Gasteiger partial charge >= 0.3 is 5.97 Å². The topological polar surface area (TPSA) is 63.2 Å². The monoisotopic (exact) mass is 428 g/mol. The lowest BCUT2D eigenvalue weighted by Gasteiger charge is -2.29. The Labute approximate surface area is 184 Å². The Morgan fingerprint density at radius 1 is 0.774 bits per heavy atom. The van der Waals surface area contributed by atoms with Crippen LogP contribution in [0.1, 0.15) is 45.7 Å². The van der Waals surface area contributed by atoms with Gasteiger partial charge in [0.15, 0.2) is 17.1 Å². The van der Waals surface area contributed by atoms with E-state index in [1.54, 1.807) is 35.2 Å². The third-order valence-corrected chi connectivity index (χ3v) is 4.30. The first-order chi connectivity index (χ1) is 14.5. The quantitative estimate of drug-likeness (QED) is 0.415. The molecule has 6 nitrogen and oxygen atoms in total. The van der Waals surface area contributed by atoms with Crippen LogP contribution in [0.2, 0.25) is 0 Å². The van der Waals surface area contributed by atoms with Gasteiger partial charge in [-0.15, -0.1) is 0 Å². The second-order valence-electron chi connectivity index (χ2n) is 8.48. The van der Waals surface area contributed by atoms with E-state index in [-0.39, 0.29) is 0 Å². The van der Waals surface area contributed by atoms with Crippen LogP contribution in [0.3, 0.4) is 0 Å². The van der Waals surface area contributed by atoms with Gasteiger partial charge in [0.25, 0.3) is 0 Å². The zero-order valence-electron chi connectivity index (χ0n) is 19.6. The number of methoxy groups -OCH3 is 3. The number of rotatable bonds is 8. The van der Waals surface area contributed by atoms with Crippen molar-refractivity contribution in [1.82, 2.24) is 0 Å². The smallest absolute Gasteiger partial charge is 0.350 e. The summed E-state index contributed by atoms with van der Waals surface area (Å²) in [5.74, 6) is 1.91. The van der Waals surface area contributed by atoms with Crippen molar-refractivity contribution in [3.63, 3.8) is 0 Å². The fourth-order valence-corrected chi connectivity index (χ4v) is 2.77. The molecule has 0 saturated carbocycles. The highest BCUT2D eigenvalue weighted by atomic mass is 16.6. The molecule has 0 spiro atoms. The standard InChI is InChI=1S/C25H32O6/c1-24(2,3)31-23(26)25(4,5)30-19-13-11-17(12-14-19)9-10-18-15-20(27-6)22(29-8)21(16-18)28-7/h9-16H,1-8H3/b10-9+. The molecule has 0 heterocycles. The predicted octanol–water partition coefficient (Wildman–Crippen LogP) is 5.38. The van der Waals surface area contributed by atoms with E-state index in [4.69, 9.17) is 23.7 Å². The minimum atomic E-state index is -1.10. The molecule has 0 N–H and O–H groups in total. The van der Waals surface area contributed by atoms with Gasteiger partial charge in [-0.1, -0.05) is 24.3 Å². The normalized spacial score (nSPS) is 11.9. The lowest BCUT2D eigenvalue weighted by atomic mass is 10.1. The maximum Gasteiger partial charge on any atom is 0.350 e. The van der Waals surface area contributed by atoms with E-state index < -0.39 is 17.2 Å².